The van der Waals surface area contributed by atoms with E-state index in [1.165, 1.54) is 5.69 Å². The van der Waals surface area contributed by atoms with E-state index in [0.717, 1.165) is 63.7 Å². The first kappa shape index (κ1) is 19.3. The Kier molecular flexibility index (Phi) is 5.87. The minimum atomic E-state index is 0.113. The molecule has 3 heterocycles. The summed E-state index contributed by atoms with van der Waals surface area (Å²) in [5.74, 6) is 0.113. The molecule has 2 saturated heterocycles. The van der Waals surface area contributed by atoms with E-state index in [0.29, 0.717) is 11.6 Å². The minimum absolute atomic E-state index is 0.113. The van der Waals surface area contributed by atoms with E-state index in [1.807, 2.05) is 40.9 Å². The SMILES string of the molecule is CCn1cc(C(=O)N2CCCC(N3CCN(c4cccc(Cl)c4)CC3)C2)cn1. The largest absolute Gasteiger partial charge is 0.369 e. The first-order chi connectivity index (χ1) is 13.6. The van der Waals surface area contributed by atoms with Crippen molar-refractivity contribution >= 4 is 23.2 Å². The molecule has 2 aromatic rings. The Morgan fingerprint density at radius 2 is 2.04 bits per heavy atom. The highest BCUT2D eigenvalue weighted by Gasteiger charge is 2.30. The summed E-state index contributed by atoms with van der Waals surface area (Å²) >= 11 is 6.14. The van der Waals surface area contributed by atoms with Gasteiger partial charge in [-0.2, -0.15) is 5.10 Å². The number of aromatic nitrogens is 2. The predicted octanol–water partition coefficient (Wildman–Crippen LogP) is 2.98. The number of likely N-dealkylation sites (tertiary alicyclic amines) is 1. The lowest BCUT2D eigenvalue weighted by Gasteiger charge is -2.44. The van der Waals surface area contributed by atoms with Crippen LogP contribution in [0, 0.1) is 0 Å². The van der Waals surface area contributed by atoms with Gasteiger partial charge in [-0.1, -0.05) is 17.7 Å². The summed E-state index contributed by atoms with van der Waals surface area (Å²) in [6.45, 7) is 8.50. The maximum atomic E-state index is 12.9. The van der Waals surface area contributed by atoms with E-state index in [9.17, 15) is 4.79 Å². The van der Waals surface area contributed by atoms with Crippen molar-refractivity contribution in [3.05, 3.63) is 47.2 Å². The number of hydrogen-bond acceptors (Lipinski definition) is 4. The number of aryl methyl sites for hydroxylation is 1. The van der Waals surface area contributed by atoms with Crippen molar-refractivity contribution in [2.45, 2.75) is 32.4 Å². The smallest absolute Gasteiger partial charge is 0.257 e. The van der Waals surface area contributed by atoms with Crippen molar-refractivity contribution in [3.8, 4) is 0 Å². The van der Waals surface area contributed by atoms with Crippen LogP contribution in [0.1, 0.15) is 30.1 Å². The van der Waals surface area contributed by atoms with Crippen molar-refractivity contribution < 1.29 is 4.79 Å². The van der Waals surface area contributed by atoms with E-state index in [4.69, 9.17) is 11.6 Å². The summed E-state index contributed by atoms with van der Waals surface area (Å²) < 4.78 is 1.81. The van der Waals surface area contributed by atoms with Crippen LogP contribution >= 0.6 is 11.6 Å². The fourth-order valence-corrected chi connectivity index (χ4v) is 4.47. The number of nitrogens with zero attached hydrogens (tertiary/aromatic N) is 5. The lowest BCUT2D eigenvalue weighted by molar-refractivity contribution is 0.0563. The van der Waals surface area contributed by atoms with Gasteiger partial charge in [-0.3, -0.25) is 14.4 Å². The van der Waals surface area contributed by atoms with Crippen molar-refractivity contribution in [1.82, 2.24) is 19.6 Å². The summed E-state index contributed by atoms with van der Waals surface area (Å²) in [7, 11) is 0. The lowest BCUT2D eigenvalue weighted by Crippen LogP contribution is -2.55. The van der Waals surface area contributed by atoms with Gasteiger partial charge in [0.05, 0.1) is 11.8 Å². The van der Waals surface area contributed by atoms with Crippen LogP contribution in [0.15, 0.2) is 36.7 Å². The molecule has 150 valence electrons. The Morgan fingerprint density at radius 1 is 1.21 bits per heavy atom. The third-order valence-electron chi connectivity index (χ3n) is 5.89. The number of rotatable bonds is 4. The van der Waals surface area contributed by atoms with Gasteiger partial charge in [-0.05, 0) is 38.0 Å². The van der Waals surface area contributed by atoms with Crippen molar-refractivity contribution in [3.63, 3.8) is 0 Å². The van der Waals surface area contributed by atoms with E-state index >= 15 is 0 Å². The fourth-order valence-electron chi connectivity index (χ4n) is 4.28. The topological polar surface area (TPSA) is 44.6 Å². The van der Waals surface area contributed by atoms with Crippen molar-refractivity contribution in [1.29, 1.82) is 0 Å². The van der Waals surface area contributed by atoms with Gasteiger partial charge in [0, 0.05) is 68.8 Å². The number of halogens is 1. The van der Waals surface area contributed by atoms with Gasteiger partial charge in [0.2, 0.25) is 0 Å². The molecule has 7 heteroatoms. The predicted molar refractivity (Wildman–Crippen MR) is 112 cm³/mol. The van der Waals surface area contributed by atoms with Crippen LogP contribution in [-0.4, -0.2) is 70.8 Å². The Labute approximate surface area is 171 Å². The van der Waals surface area contributed by atoms with Gasteiger partial charge in [0.1, 0.15) is 0 Å². The number of hydrogen-bond donors (Lipinski definition) is 0. The molecule has 1 amide bonds. The fraction of sp³-hybridized carbons (Fsp3) is 0.524. The molecular weight excluding hydrogens is 374 g/mol. The molecule has 1 aromatic heterocycles. The maximum Gasteiger partial charge on any atom is 0.257 e. The van der Waals surface area contributed by atoms with Gasteiger partial charge >= 0.3 is 0 Å². The van der Waals surface area contributed by atoms with Gasteiger partial charge in [-0.25, -0.2) is 0 Å². The number of carbonyl (C=O) groups is 1. The highest BCUT2D eigenvalue weighted by molar-refractivity contribution is 6.30. The number of piperidine rings is 1. The van der Waals surface area contributed by atoms with Gasteiger partial charge in [0.25, 0.3) is 5.91 Å². The standard InChI is InChI=1S/C21H28ClN5O/c1-2-27-15-17(14-23-27)21(28)26-8-4-7-20(16-26)25-11-9-24(10-12-25)19-6-3-5-18(22)13-19/h3,5-6,13-15,20H,2,4,7-12,16H2,1H3. The molecule has 0 N–H and O–H groups in total. The second kappa shape index (κ2) is 8.53. The van der Waals surface area contributed by atoms with Gasteiger partial charge in [-0.15, -0.1) is 0 Å². The quantitative estimate of drug-likeness (QED) is 0.790. The molecule has 1 unspecified atom stereocenters. The molecule has 0 spiro atoms. The molecule has 28 heavy (non-hydrogen) atoms. The van der Waals surface area contributed by atoms with Crippen LogP contribution in [0.2, 0.25) is 5.02 Å². The number of amides is 1. The summed E-state index contributed by atoms with van der Waals surface area (Å²) in [6.07, 6.45) is 5.77. The molecule has 6 nitrogen and oxygen atoms in total. The molecular formula is C21H28ClN5O. The average Bonchev–Trinajstić information content (AvgIpc) is 3.23. The zero-order chi connectivity index (χ0) is 19.5. The summed E-state index contributed by atoms with van der Waals surface area (Å²) in [6, 6.07) is 8.53. The highest BCUT2D eigenvalue weighted by Crippen LogP contribution is 2.23. The van der Waals surface area contributed by atoms with E-state index in [-0.39, 0.29) is 5.91 Å². The lowest BCUT2D eigenvalue weighted by atomic mass is 10.0. The van der Waals surface area contributed by atoms with Crippen LogP contribution in [0.5, 0.6) is 0 Å². The molecule has 2 fully saturated rings. The van der Waals surface area contributed by atoms with E-state index in [1.54, 1.807) is 6.20 Å². The van der Waals surface area contributed by atoms with Crippen LogP contribution in [0.3, 0.4) is 0 Å². The third-order valence-corrected chi connectivity index (χ3v) is 6.13. The van der Waals surface area contributed by atoms with Gasteiger partial charge in [0.15, 0.2) is 0 Å². The number of carbonyl (C=O) groups excluding carboxylic acids is 1. The molecule has 0 radical (unpaired) electrons. The van der Waals surface area contributed by atoms with Crippen LogP contribution in [-0.2, 0) is 6.54 Å². The van der Waals surface area contributed by atoms with Gasteiger partial charge < -0.3 is 9.80 Å². The third kappa shape index (κ3) is 4.18. The zero-order valence-electron chi connectivity index (χ0n) is 16.4. The molecule has 0 saturated carbocycles. The minimum Gasteiger partial charge on any atom is -0.369 e. The number of anilines is 1. The Bertz CT molecular complexity index is 815. The monoisotopic (exact) mass is 401 g/mol. The Morgan fingerprint density at radius 3 is 2.75 bits per heavy atom. The zero-order valence-corrected chi connectivity index (χ0v) is 17.2. The molecule has 1 atom stereocenters. The van der Waals surface area contributed by atoms with E-state index in [2.05, 4.69) is 21.0 Å². The Hall–Kier alpha value is -2.05. The Balaban J connectivity index is 1.34. The molecule has 4 rings (SSSR count). The molecule has 0 aliphatic carbocycles. The summed E-state index contributed by atoms with van der Waals surface area (Å²) in [4.78, 5) is 19.8. The second-order valence-electron chi connectivity index (χ2n) is 7.63. The number of piperazine rings is 1. The van der Waals surface area contributed by atoms with Crippen LogP contribution in [0.25, 0.3) is 0 Å². The van der Waals surface area contributed by atoms with Crippen LogP contribution in [0.4, 0.5) is 5.69 Å². The van der Waals surface area contributed by atoms with Crippen molar-refractivity contribution in [2.75, 3.05) is 44.2 Å². The molecule has 1 aromatic carbocycles. The van der Waals surface area contributed by atoms with Crippen molar-refractivity contribution in [2.24, 2.45) is 0 Å². The molecule has 2 aliphatic rings. The normalized spacial score (nSPS) is 21.1. The average molecular weight is 402 g/mol. The summed E-state index contributed by atoms with van der Waals surface area (Å²) in [5.41, 5.74) is 1.90. The van der Waals surface area contributed by atoms with E-state index < -0.39 is 0 Å². The molecule has 2 aliphatic heterocycles. The maximum absolute atomic E-state index is 12.9. The van der Waals surface area contributed by atoms with Crippen LogP contribution < -0.4 is 4.90 Å². The first-order valence-corrected chi connectivity index (χ1v) is 10.6. The highest BCUT2D eigenvalue weighted by atomic mass is 35.5. The second-order valence-corrected chi connectivity index (χ2v) is 8.07. The molecule has 0 bridgehead atoms. The number of benzene rings is 1. The first-order valence-electron chi connectivity index (χ1n) is 10.2. The summed E-state index contributed by atoms with van der Waals surface area (Å²) in [5, 5.41) is 5.03.